The molecule has 76 valence electrons. The molecular weight excluding hydrogens is 223 g/mol. The van der Waals surface area contributed by atoms with Crippen LogP contribution in [0, 0.1) is 0 Å². The second kappa shape index (κ2) is 4.67. The van der Waals surface area contributed by atoms with Gasteiger partial charge in [0.2, 0.25) is 0 Å². The molecule has 1 N–H and O–H groups in total. The van der Waals surface area contributed by atoms with Crippen LogP contribution in [0.2, 0.25) is 5.02 Å². The molecule has 0 aliphatic carbocycles. The minimum atomic E-state index is -1.01. The van der Waals surface area contributed by atoms with Crippen LogP contribution in [-0.2, 0) is 4.79 Å². The Morgan fingerprint density at radius 2 is 2.14 bits per heavy atom. The zero-order valence-electron chi connectivity index (χ0n) is 7.58. The van der Waals surface area contributed by atoms with Crippen molar-refractivity contribution in [3.05, 3.63) is 34.9 Å². The van der Waals surface area contributed by atoms with E-state index in [0.717, 1.165) is 5.56 Å². The van der Waals surface area contributed by atoms with Crippen molar-refractivity contribution in [3.63, 3.8) is 0 Å². The van der Waals surface area contributed by atoms with E-state index in [0.29, 0.717) is 5.02 Å². The number of halogens is 2. The Kier molecular flexibility index (Phi) is 3.78. The van der Waals surface area contributed by atoms with Gasteiger partial charge in [-0.3, -0.25) is 4.79 Å². The van der Waals surface area contributed by atoms with Crippen LogP contribution in [0.4, 0.5) is 0 Å². The number of carboxylic acids is 1. The van der Waals surface area contributed by atoms with Gasteiger partial charge in [0.1, 0.15) is 5.38 Å². The van der Waals surface area contributed by atoms with Gasteiger partial charge in [0, 0.05) is 10.9 Å². The molecule has 0 aliphatic rings. The van der Waals surface area contributed by atoms with E-state index in [-0.39, 0.29) is 5.92 Å². The molecule has 2 nitrogen and oxygen atoms in total. The van der Waals surface area contributed by atoms with Crippen molar-refractivity contribution >= 4 is 29.2 Å². The maximum atomic E-state index is 10.6. The molecule has 0 saturated carbocycles. The van der Waals surface area contributed by atoms with Gasteiger partial charge in [-0.05, 0) is 17.7 Å². The van der Waals surface area contributed by atoms with Crippen molar-refractivity contribution in [2.45, 2.75) is 18.2 Å². The van der Waals surface area contributed by atoms with Crippen molar-refractivity contribution in [3.8, 4) is 0 Å². The minimum absolute atomic E-state index is 0.257. The van der Waals surface area contributed by atoms with E-state index >= 15 is 0 Å². The first-order valence-electron chi connectivity index (χ1n) is 4.14. The predicted molar refractivity (Wildman–Crippen MR) is 57.1 cm³/mol. The molecule has 1 aromatic rings. The number of benzene rings is 1. The van der Waals surface area contributed by atoms with Crippen LogP contribution in [0.1, 0.15) is 18.4 Å². The molecule has 0 amide bonds. The van der Waals surface area contributed by atoms with E-state index in [4.69, 9.17) is 28.3 Å². The molecule has 2 atom stereocenters. The highest BCUT2D eigenvalue weighted by atomic mass is 35.5. The van der Waals surface area contributed by atoms with E-state index in [1.54, 1.807) is 25.1 Å². The highest BCUT2D eigenvalue weighted by molar-refractivity contribution is 6.31. The van der Waals surface area contributed by atoms with Crippen LogP contribution in [-0.4, -0.2) is 16.5 Å². The smallest absolute Gasteiger partial charge is 0.322 e. The SMILES string of the molecule is CC(c1cccc(Cl)c1)[C@H](Cl)C(=O)O. The summed E-state index contributed by atoms with van der Waals surface area (Å²) in [7, 11) is 0. The first-order valence-corrected chi connectivity index (χ1v) is 4.96. The summed E-state index contributed by atoms with van der Waals surface area (Å²) in [5, 5.41) is 8.38. The second-order valence-electron chi connectivity index (χ2n) is 3.08. The summed E-state index contributed by atoms with van der Waals surface area (Å²) < 4.78 is 0. The van der Waals surface area contributed by atoms with Crippen LogP contribution in [0.3, 0.4) is 0 Å². The van der Waals surface area contributed by atoms with E-state index in [9.17, 15) is 4.79 Å². The predicted octanol–water partition coefficient (Wildman–Crippen LogP) is 3.14. The van der Waals surface area contributed by atoms with Crippen LogP contribution < -0.4 is 0 Å². The van der Waals surface area contributed by atoms with Gasteiger partial charge in [-0.2, -0.15) is 0 Å². The molecule has 0 heterocycles. The number of carboxylic acid groups (broad SMARTS) is 1. The molecule has 1 rings (SSSR count). The van der Waals surface area contributed by atoms with E-state index < -0.39 is 11.3 Å². The summed E-state index contributed by atoms with van der Waals surface area (Å²) in [4.78, 5) is 10.6. The van der Waals surface area contributed by atoms with E-state index in [1.807, 2.05) is 6.07 Å². The number of carbonyl (C=O) groups is 1. The molecule has 0 fully saturated rings. The molecule has 0 aromatic heterocycles. The second-order valence-corrected chi connectivity index (χ2v) is 3.99. The van der Waals surface area contributed by atoms with Gasteiger partial charge in [0.05, 0.1) is 0 Å². The molecule has 0 spiro atoms. The lowest BCUT2D eigenvalue weighted by Gasteiger charge is -2.14. The van der Waals surface area contributed by atoms with Gasteiger partial charge in [0.25, 0.3) is 0 Å². The Labute approximate surface area is 92.5 Å². The van der Waals surface area contributed by atoms with Gasteiger partial charge < -0.3 is 5.11 Å². The quantitative estimate of drug-likeness (QED) is 0.814. The Morgan fingerprint density at radius 3 is 2.64 bits per heavy atom. The Balaban J connectivity index is 2.89. The molecule has 1 unspecified atom stereocenters. The lowest BCUT2D eigenvalue weighted by molar-refractivity contribution is -0.136. The van der Waals surface area contributed by atoms with E-state index in [1.165, 1.54) is 0 Å². The fourth-order valence-electron chi connectivity index (χ4n) is 1.17. The molecule has 4 heteroatoms. The number of rotatable bonds is 3. The molecule has 0 aliphatic heterocycles. The highest BCUT2D eigenvalue weighted by Gasteiger charge is 2.23. The molecule has 1 aromatic carbocycles. The van der Waals surface area contributed by atoms with Gasteiger partial charge in [-0.15, -0.1) is 11.6 Å². The van der Waals surface area contributed by atoms with Gasteiger partial charge >= 0.3 is 5.97 Å². The summed E-state index contributed by atoms with van der Waals surface area (Å²) in [5.74, 6) is -1.27. The number of alkyl halides is 1. The van der Waals surface area contributed by atoms with E-state index in [2.05, 4.69) is 0 Å². The van der Waals surface area contributed by atoms with Crippen molar-refractivity contribution < 1.29 is 9.90 Å². The number of aliphatic carboxylic acids is 1. The fourth-order valence-corrected chi connectivity index (χ4v) is 1.52. The Hall–Kier alpha value is -0.730. The standard InChI is InChI=1S/C10H10Cl2O2/c1-6(9(12)10(13)14)7-3-2-4-8(11)5-7/h2-6,9H,1H3,(H,13,14)/t6?,9-/m0/s1. The number of hydrogen-bond donors (Lipinski definition) is 1. The lowest BCUT2D eigenvalue weighted by Crippen LogP contribution is -2.20. The summed E-state index contributed by atoms with van der Waals surface area (Å²) in [6.45, 7) is 1.76. The summed E-state index contributed by atoms with van der Waals surface area (Å²) >= 11 is 11.5. The zero-order valence-corrected chi connectivity index (χ0v) is 9.09. The van der Waals surface area contributed by atoms with Crippen LogP contribution in [0.25, 0.3) is 0 Å². The monoisotopic (exact) mass is 232 g/mol. The Morgan fingerprint density at radius 1 is 1.50 bits per heavy atom. The zero-order chi connectivity index (χ0) is 10.7. The average Bonchev–Trinajstić information content (AvgIpc) is 2.15. The molecule has 0 saturated heterocycles. The molecule has 14 heavy (non-hydrogen) atoms. The van der Waals surface area contributed by atoms with Gasteiger partial charge in [-0.25, -0.2) is 0 Å². The first kappa shape index (κ1) is 11.3. The molecular formula is C10H10Cl2O2. The lowest BCUT2D eigenvalue weighted by atomic mass is 9.98. The normalized spacial score (nSPS) is 14.8. The fraction of sp³-hybridized carbons (Fsp3) is 0.300. The third-order valence-corrected chi connectivity index (χ3v) is 2.85. The summed E-state index contributed by atoms with van der Waals surface area (Å²) in [6, 6.07) is 7.06. The topological polar surface area (TPSA) is 37.3 Å². The van der Waals surface area contributed by atoms with Crippen molar-refractivity contribution in [2.75, 3.05) is 0 Å². The third-order valence-electron chi connectivity index (χ3n) is 2.05. The summed E-state index contributed by atoms with van der Waals surface area (Å²) in [6.07, 6.45) is 0. The van der Waals surface area contributed by atoms with Crippen LogP contribution in [0.5, 0.6) is 0 Å². The van der Waals surface area contributed by atoms with Crippen molar-refractivity contribution in [2.24, 2.45) is 0 Å². The van der Waals surface area contributed by atoms with Crippen LogP contribution in [0.15, 0.2) is 24.3 Å². The van der Waals surface area contributed by atoms with Gasteiger partial charge in [-0.1, -0.05) is 30.7 Å². The Bertz CT molecular complexity index is 339. The maximum absolute atomic E-state index is 10.6. The van der Waals surface area contributed by atoms with Gasteiger partial charge in [0.15, 0.2) is 0 Å². The largest absolute Gasteiger partial charge is 0.480 e. The number of hydrogen-bond acceptors (Lipinski definition) is 1. The molecule has 0 bridgehead atoms. The molecule has 0 radical (unpaired) electrons. The van der Waals surface area contributed by atoms with Crippen LogP contribution >= 0.6 is 23.2 Å². The third kappa shape index (κ3) is 2.63. The van der Waals surface area contributed by atoms with Crippen molar-refractivity contribution in [1.82, 2.24) is 0 Å². The summed E-state index contributed by atoms with van der Waals surface area (Å²) in [5.41, 5.74) is 0.833. The minimum Gasteiger partial charge on any atom is -0.480 e. The maximum Gasteiger partial charge on any atom is 0.322 e. The highest BCUT2D eigenvalue weighted by Crippen LogP contribution is 2.25. The first-order chi connectivity index (χ1) is 6.52. The van der Waals surface area contributed by atoms with Crippen molar-refractivity contribution in [1.29, 1.82) is 0 Å². The average molecular weight is 233 g/mol.